The number of halogens is 1. The Hall–Kier alpha value is -0.830. The summed E-state index contributed by atoms with van der Waals surface area (Å²) in [6, 6.07) is 7.80. The van der Waals surface area contributed by atoms with Crippen LogP contribution in [0, 0.1) is 5.92 Å². The molecule has 0 heterocycles. The van der Waals surface area contributed by atoms with E-state index < -0.39 is 0 Å². The van der Waals surface area contributed by atoms with Crippen LogP contribution in [0.5, 0.6) is 0 Å². The van der Waals surface area contributed by atoms with E-state index in [0.29, 0.717) is 0 Å². The second kappa shape index (κ2) is 6.04. The monoisotopic (exact) mass is 283 g/mol. The summed E-state index contributed by atoms with van der Waals surface area (Å²) in [6.45, 7) is 4.11. The van der Waals surface area contributed by atoms with Crippen molar-refractivity contribution in [3.63, 3.8) is 0 Å². The third-order valence-electron chi connectivity index (χ3n) is 2.88. The SMILES string of the molecule is CCC(CC)C(=O)N(C)c1ccc(Br)cc1. The molecule has 0 fully saturated rings. The van der Waals surface area contributed by atoms with Gasteiger partial charge in [0.2, 0.25) is 5.91 Å². The lowest BCUT2D eigenvalue weighted by atomic mass is 10.0. The standard InChI is InChI=1S/C13H18BrNO/c1-4-10(5-2)13(16)15(3)12-8-6-11(14)7-9-12/h6-10H,4-5H2,1-3H3. The molecule has 1 amide bonds. The highest BCUT2D eigenvalue weighted by Crippen LogP contribution is 2.20. The van der Waals surface area contributed by atoms with Crippen LogP contribution in [-0.2, 0) is 4.79 Å². The van der Waals surface area contributed by atoms with Crippen molar-refractivity contribution in [1.29, 1.82) is 0 Å². The van der Waals surface area contributed by atoms with E-state index in [2.05, 4.69) is 29.8 Å². The lowest BCUT2D eigenvalue weighted by molar-refractivity contribution is -0.122. The Kier molecular flexibility index (Phi) is 5.00. The van der Waals surface area contributed by atoms with Crippen LogP contribution in [0.4, 0.5) is 5.69 Å². The molecule has 2 nitrogen and oxygen atoms in total. The van der Waals surface area contributed by atoms with Crippen molar-refractivity contribution in [2.75, 3.05) is 11.9 Å². The predicted octanol–water partition coefficient (Wildman–Crippen LogP) is 3.85. The van der Waals surface area contributed by atoms with Gasteiger partial charge in [0.25, 0.3) is 0 Å². The first-order chi connectivity index (χ1) is 7.60. The molecule has 88 valence electrons. The Bertz CT molecular complexity index is 343. The Morgan fingerprint density at radius 2 is 1.75 bits per heavy atom. The molecular weight excluding hydrogens is 266 g/mol. The molecule has 3 heteroatoms. The normalized spacial score (nSPS) is 10.6. The summed E-state index contributed by atoms with van der Waals surface area (Å²) in [4.78, 5) is 13.8. The molecule has 0 atom stereocenters. The number of carbonyl (C=O) groups is 1. The molecule has 0 aromatic heterocycles. The molecular formula is C13H18BrNO. The van der Waals surface area contributed by atoms with Crippen molar-refractivity contribution < 1.29 is 4.79 Å². The summed E-state index contributed by atoms with van der Waals surface area (Å²) in [6.07, 6.45) is 1.80. The first-order valence-corrected chi connectivity index (χ1v) is 6.42. The second-order valence-electron chi connectivity index (χ2n) is 3.89. The molecule has 0 spiro atoms. The van der Waals surface area contributed by atoms with Crippen molar-refractivity contribution in [3.05, 3.63) is 28.7 Å². The van der Waals surface area contributed by atoms with Crippen LogP contribution in [0.15, 0.2) is 28.7 Å². The molecule has 0 saturated heterocycles. The van der Waals surface area contributed by atoms with E-state index in [9.17, 15) is 4.79 Å². The summed E-state index contributed by atoms with van der Waals surface area (Å²) in [5, 5.41) is 0. The van der Waals surface area contributed by atoms with Crippen molar-refractivity contribution in [1.82, 2.24) is 0 Å². The number of amides is 1. The molecule has 16 heavy (non-hydrogen) atoms. The zero-order valence-electron chi connectivity index (χ0n) is 10.0. The molecule has 0 saturated carbocycles. The van der Waals surface area contributed by atoms with Crippen molar-refractivity contribution in [2.45, 2.75) is 26.7 Å². The molecule has 0 N–H and O–H groups in total. The van der Waals surface area contributed by atoms with Crippen molar-refractivity contribution in [3.8, 4) is 0 Å². The van der Waals surface area contributed by atoms with E-state index in [4.69, 9.17) is 0 Å². The number of benzene rings is 1. The molecule has 1 aromatic rings. The van der Waals surface area contributed by atoms with Gasteiger partial charge in [0, 0.05) is 23.1 Å². The van der Waals surface area contributed by atoms with Gasteiger partial charge in [-0.1, -0.05) is 29.8 Å². The van der Waals surface area contributed by atoms with Crippen molar-refractivity contribution in [2.24, 2.45) is 5.92 Å². The number of rotatable bonds is 4. The van der Waals surface area contributed by atoms with Crippen LogP contribution in [-0.4, -0.2) is 13.0 Å². The fourth-order valence-electron chi connectivity index (χ4n) is 1.70. The highest BCUT2D eigenvalue weighted by Gasteiger charge is 2.19. The Labute approximate surface area is 106 Å². The second-order valence-corrected chi connectivity index (χ2v) is 4.80. The summed E-state index contributed by atoms with van der Waals surface area (Å²) >= 11 is 3.38. The Balaban J connectivity index is 2.81. The quantitative estimate of drug-likeness (QED) is 0.822. The zero-order valence-corrected chi connectivity index (χ0v) is 11.6. The topological polar surface area (TPSA) is 20.3 Å². The van der Waals surface area contributed by atoms with Crippen LogP contribution >= 0.6 is 15.9 Å². The van der Waals surface area contributed by atoms with E-state index in [1.54, 1.807) is 4.90 Å². The first-order valence-electron chi connectivity index (χ1n) is 5.63. The first kappa shape index (κ1) is 13.2. The molecule has 0 aliphatic carbocycles. The van der Waals surface area contributed by atoms with E-state index in [1.165, 1.54) is 0 Å². The number of hydrogen-bond acceptors (Lipinski definition) is 1. The van der Waals surface area contributed by atoms with Crippen LogP contribution in [0.25, 0.3) is 0 Å². The maximum atomic E-state index is 12.1. The van der Waals surface area contributed by atoms with Gasteiger partial charge >= 0.3 is 0 Å². The van der Waals surface area contributed by atoms with E-state index in [-0.39, 0.29) is 11.8 Å². The lowest BCUT2D eigenvalue weighted by Gasteiger charge is -2.22. The highest BCUT2D eigenvalue weighted by atomic mass is 79.9. The number of carbonyl (C=O) groups excluding carboxylic acids is 1. The maximum absolute atomic E-state index is 12.1. The zero-order chi connectivity index (χ0) is 12.1. The van der Waals surface area contributed by atoms with Gasteiger partial charge in [0.15, 0.2) is 0 Å². The Morgan fingerprint density at radius 1 is 1.25 bits per heavy atom. The van der Waals surface area contributed by atoms with E-state index >= 15 is 0 Å². The van der Waals surface area contributed by atoms with Crippen molar-refractivity contribution >= 4 is 27.5 Å². The minimum atomic E-state index is 0.133. The fourth-order valence-corrected chi connectivity index (χ4v) is 1.97. The average Bonchev–Trinajstić information content (AvgIpc) is 2.30. The molecule has 0 aliphatic rings. The van der Waals surface area contributed by atoms with Gasteiger partial charge < -0.3 is 4.90 Å². The molecule has 0 unspecified atom stereocenters. The van der Waals surface area contributed by atoms with Crippen LogP contribution in [0.2, 0.25) is 0 Å². The van der Waals surface area contributed by atoms with Crippen LogP contribution in [0.1, 0.15) is 26.7 Å². The lowest BCUT2D eigenvalue weighted by Crippen LogP contribution is -2.32. The summed E-state index contributed by atoms with van der Waals surface area (Å²) < 4.78 is 1.03. The van der Waals surface area contributed by atoms with Gasteiger partial charge in [-0.15, -0.1) is 0 Å². The van der Waals surface area contributed by atoms with E-state index in [0.717, 1.165) is 23.0 Å². The number of nitrogens with zero attached hydrogens (tertiary/aromatic N) is 1. The summed E-state index contributed by atoms with van der Waals surface area (Å²) in [5.41, 5.74) is 0.945. The maximum Gasteiger partial charge on any atom is 0.229 e. The minimum Gasteiger partial charge on any atom is -0.315 e. The molecule has 1 rings (SSSR count). The van der Waals surface area contributed by atoms with Gasteiger partial charge in [-0.3, -0.25) is 4.79 Å². The minimum absolute atomic E-state index is 0.133. The smallest absolute Gasteiger partial charge is 0.229 e. The molecule has 0 radical (unpaired) electrons. The molecule has 1 aromatic carbocycles. The van der Waals surface area contributed by atoms with Gasteiger partial charge in [-0.05, 0) is 37.1 Å². The molecule has 0 aliphatic heterocycles. The van der Waals surface area contributed by atoms with Crippen LogP contribution < -0.4 is 4.90 Å². The number of anilines is 1. The van der Waals surface area contributed by atoms with Gasteiger partial charge in [-0.25, -0.2) is 0 Å². The van der Waals surface area contributed by atoms with Gasteiger partial charge in [0.05, 0.1) is 0 Å². The largest absolute Gasteiger partial charge is 0.315 e. The molecule has 0 bridgehead atoms. The van der Waals surface area contributed by atoms with Gasteiger partial charge in [-0.2, -0.15) is 0 Å². The third-order valence-corrected chi connectivity index (χ3v) is 3.41. The van der Waals surface area contributed by atoms with Crippen LogP contribution in [0.3, 0.4) is 0 Å². The fraction of sp³-hybridized carbons (Fsp3) is 0.462. The third kappa shape index (κ3) is 3.08. The highest BCUT2D eigenvalue weighted by molar-refractivity contribution is 9.10. The van der Waals surface area contributed by atoms with E-state index in [1.807, 2.05) is 31.3 Å². The van der Waals surface area contributed by atoms with Gasteiger partial charge in [0.1, 0.15) is 0 Å². The number of hydrogen-bond donors (Lipinski definition) is 0. The Morgan fingerprint density at radius 3 is 2.19 bits per heavy atom. The predicted molar refractivity (Wildman–Crippen MR) is 71.6 cm³/mol. The average molecular weight is 284 g/mol. The summed E-state index contributed by atoms with van der Waals surface area (Å²) in [7, 11) is 1.84. The summed E-state index contributed by atoms with van der Waals surface area (Å²) in [5.74, 6) is 0.334.